The number of nitrogens with zero attached hydrogens (tertiary/aromatic N) is 1. The van der Waals surface area contributed by atoms with Crippen molar-refractivity contribution in [3.63, 3.8) is 0 Å². The summed E-state index contributed by atoms with van der Waals surface area (Å²) in [4.78, 5) is 22.4. The Kier molecular flexibility index (Phi) is 3.68. The van der Waals surface area contributed by atoms with Crippen LogP contribution in [0.2, 0.25) is 0 Å². The number of ketones is 2. The maximum absolute atomic E-state index is 11.4. The van der Waals surface area contributed by atoms with E-state index >= 15 is 0 Å². The van der Waals surface area contributed by atoms with Crippen molar-refractivity contribution in [3.8, 4) is 5.75 Å². The van der Waals surface area contributed by atoms with Gasteiger partial charge in [0.05, 0.1) is 18.1 Å². The van der Waals surface area contributed by atoms with Crippen LogP contribution in [0.25, 0.3) is 0 Å². The van der Waals surface area contributed by atoms with Crippen molar-refractivity contribution < 1.29 is 14.3 Å². The molecule has 0 spiro atoms. The highest BCUT2D eigenvalue weighted by atomic mass is 79.9. The summed E-state index contributed by atoms with van der Waals surface area (Å²) >= 11 is 3.28. The number of rotatable bonds is 4. The predicted octanol–water partition coefficient (Wildman–Crippen LogP) is 2.05. The summed E-state index contributed by atoms with van der Waals surface area (Å²) in [5, 5.41) is 0. The first-order valence-corrected chi connectivity index (χ1v) is 5.19. The molecule has 0 aromatic carbocycles. The van der Waals surface area contributed by atoms with Gasteiger partial charge in [0.2, 0.25) is 0 Å². The van der Waals surface area contributed by atoms with E-state index in [0.29, 0.717) is 15.9 Å². The van der Waals surface area contributed by atoms with E-state index in [0.717, 1.165) is 0 Å². The quantitative estimate of drug-likeness (QED) is 0.789. The molecule has 0 atom stereocenters. The Labute approximate surface area is 96.3 Å². The molecule has 0 radical (unpaired) electrons. The molecule has 1 aromatic heterocycles. The normalized spacial score (nSPS) is 10.1. The number of hydrogen-bond donors (Lipinski definition) is 0. The van der Waals surface area contributed by atoms with Gasteiger partial charge in [0, 0.05) is 13.1 Å². The minimum absolute atomic E-state index is 0.0114. The number of methoxy groups -OCH3 is 1. The predicted molar refractivity (Wildman–Crippen MR) is 59.4 cm³/mol. The molecule has 0 saturated carbocycles. The Morgan fingerprint density at radius 3 is 2.47 bits per heavy atom. The molecule has 0 unspecified atom stereocenters. The van der Waals surface area contributed by atoms with Gasteiger partial charge in [0.15, 0.2) is 11.5 Å². The number of carbonyl (C=O) groups excluding carboxylic acids is 2. The van der Waals surface area contributed by atoms with Crippen molar-refractivity contribution in [1.82, 2.24) is 4.57 Å². The molecule has 1 rings (SSSR count). The Balaban J connectivity index is 3.26. The van der Waals surface area contributed by atoms with Crippen LogP contribution in [0.4, 0.5) is 0 Å². The van der Waals surface area contributed by atoms with Crippen LogP contribution in [0.1, 0.15) is 24.3 Å². The van der Waals surface area contributed by atoms with E-state index in [1.165, 1.54) is 21.0 Å². The van der Waals surface area contributed by atoms with Gasteiger partial charge in [-0.3, -0.25) is 9.59 Å². The SMILES string of the molecule is COc1c(Br)cn(CC(C)=O)c1C(C)=O. The molecular formula is C10H12BrNO3. The minimum Gasteiger partial charge on any atom is -0.493 e. The smallest absolute Gasteiger partial charge is 0.180 e. The Bertz CT molecular complexity index is 409. The first-order valence-electron chi connectivity index (χ1n) is 4.40. The minimum atomic E-state index is -0.126. The Morgan fingerprint density at radius 2 is 2.07 bits per heavy atom. The van der Waals surface area contributed by atoms with Gasteiger partial charge in [0.25, 0.3) is 0 Å². The van der Waals surface area contributed by atoms with Gasteiger partial charge in [-0.25, -0.2) is 0 Å². The summed E-state index contributed by atoms with van der Waals surface area (Å²) in [5.41, 5.74) is 0.416. The van der Waals surface area contributed by atoms with Gasteiger partial charge < -0.3 is 9.30 Å². The second-order valence-corrected chi connectivity index (χ2v) is 4.10. The molecule has 0 aliphatic carbocycles. The van der Waals surface area contributed by atoms with Crippen molar-refractivity contribution >= 4 is 27.5 Å². The number of aromatic nitrogens is 1. The summed E-state index contributed by atoms with van der Waals surface area (Å²) in [5.74, 6) is 0.338. The van der Waals surface area contributed by atoms with Crippen LogP contribution in [0.5, 0.6) is 5.75 Å². The first kappa shape index (κ1) is 12.0. The van der Waals surface area contributed by atoms with Gasteiger partial charge in [-0.05, 0) is 22.9 Å². The second-order valence-electron chi connectivity index (χ2n) is 3.24. The first-order chi connectivity index (χ1) is 6.97. The number of Topliss-reactive ketones (excluding diaryl/α,β-unsaturated/α-hetero) is 2. The third-order valence-electron chi connectivity index (χ3n) is 1.92. The molecule has 0 fully saturated rings. The van der Waals surface area contributed by atoms with Crippen LogP contribution in [0.3, 0.4) is 0 Å². The fourth-order valence-electron chi connectivity index (χ4n) is 1.42. The number of hydrogen-bond acceptors (Lipinski definition) is 3. The lowest BCUT2D eigenvalue weighted by atomic mass is 10.3. The lowest BCUT2D eigenvalue weighted by Gasteiger charge is -2.05. The van der Waals surface area contributed by atoms with Crippen LogP contribution < -0.4 is 4.74 Å². The molecule has 0 N–H and O–H groups in total. The highest BCUT2D eigenvalue weighted by molar-refractivity contribution is 9.10. The molecule has 0 amide bonds. The fourth-order valence-corrected chi connectivity index (χ4v) is 2.02. The van der Waals surface area contributed by atoms with Gasteiger partial charge in [-0.2, -0.15) is 0 Å². The maximum atomic E-state index is 11.4. The zero-order valence-electron chi connectivity index (χ0n) is 8.83. The van der Waals surface area contributed by atoms with Crippen molar-refractivity contribution in [2.45, 2.75) is 20.4 Å². The van der Waals surface area contributed by atoms with E-state index in [4.69, 9.17) is 4.74 Å². The average Bonchev–Trinajstić information content (AvgIpc) is 2.40. The van der Waals surface area contributed by atoms with Crippen LogP contribution in [-0.4, -0.2) is 23.2 Å². The molecule has 82 valence electrons. The van der Waals surface area contributed by atoms with E-state index < -0.39 is 0 Å². The van der Waals surface area contributed by atoms with Crippen molar-refractivity contribution in [3.05, 3.63) is 16.4 Å². The van der Waals surface area contributed by atoms with Gasteiger partial charge in [-0.1, -0.05) is 0 Å². The molecular weight excluding hydrogens is 262 g/mol. The summed E-state index contributed by atoms with van der Waals surface area (Å²) in [7, 11) is 1.49. The molecule has 1 heterocycles. The third-order valence-corrected chi connectivity index (χ3v) is 2.48. The molecule has 1 aromatic rings. The molecule has 5 heteroatoms. The lowest BCUT2D eigenvalue weighted by molar-refractivity contribution is -0.117. The van der Waals surface area contributed by atoms with Crippen molar-refractivity contribution in [2.75, 3.05) is 7.11 Å². The number of halogens is 1. The van der Waals surface area contributed by atoms with E-state index in [2.05, 4.69) is 15.9 Å². The third kappa shape index (κ3) is 2.47. The van der Waals surface area contributed by atoms with Gasteiger partial charge in [0.1, 0.15) is 11.5 Å². The summed E-state index contributed by atoms with van der Waals surface area (Å²) < 4.78 is 7.37. The Morgan fingerprint density at radius 1 is 1.47 bits per heavy atom. The zero-order chi connectivity index (χ0) is 11.6. The molecule has 0 aliphatic rings. The summed E-state index contributed by atoms with van der Waals surface area (Å²) in [6.07, 6.45) is 1.68. The average molecular weight is 274 g/mol. The number of carbonyl (C=O) groups is 2. The molecule has 15 heavy (non-hydrogen) atoms. The van der Waals surface area contributed by atoms with Gasteiger partial charge in [-0.15, -0.1) is 0 Å². The lowest BCUT2D eigenvalue weighted by Crippen LogP contribution is -2.11. The maximum Gasteiger partial charge on any atom is 0.180 e. The number of ether oxygens (including phenoxy) is 1. The molecule has 4 nitrogen and oxygen atoms in total. The zero-order valence-corrected chi connectivity index (χ0v) is 10.4. The highest BCUT2D eigenvalue weighted by Gasteiger charge is 2.19. The molecule has 0 saturated heterocycles. The van der Waals surface area contributed by atoms with Crippen LogP contribution in [0, 0.1) is 0 Å². The van der Waals surface area contributed by atoms with E-state index in [-0.39, 0.29) is 18.1 Å². The van der Waals surface area contributed by atoms with Crippen molar-refractivity contribution in [1.29, 1.82) is 0 Å². The fraction of sp³-hybridized carbons (Fsp3) is 0.400. The summed E-state index contributed by atoms with van der Waals surface area (Å²) in [6, 6.07) is 0. The second kappa shape index (κ2) is 4.61. The monoisotopic (exact) mass is 273 g/mol. The molecule has 0 aliphatic heterocycles. The summed E-state index contributed by atoms with van der Waals surface area (Å²) in [6.45, 7) is 3.10. The Hall–Kier alpha value is -1.10. The standard InChI is InChI=1S/C10H12BrNO3/c1-6(13)4-12-5-8(11)10(15-3)9(12)7(2)14/h5H,4H2,1-3H3. The van der Waals surface area contributed by atoms with Crippen LogP contribution in [-0.2, 0) is 11.3 Å². The highest BCUT2D eigenvalue weighted by Crippen LogP contribution is 2.31. The molecule has 0 bridgehead atoms. The topological polar surface area (TPSA) is 48.3 Å². The van der Waals surface area contributed by atoms with Crippen LogP contribution >= 0.6 is 15.9 Å². The van der Waals surface area contributed by atoms with Crippen LogP contribution in [0.15, 0.2) is 10.7 Å². The van der Waals surface area contributed by atoms with Crippen molar-refractivity contribution in [2.24, 2.45) is 0 Å². The van der Waals surface area contributed by atoms with E-state index in [1.54, 1.807) is 10.8 Å². The largest absolute Gasteiger partial charge is 0.493 e. The van der Waals surface area contributed by atoms with E-state index in [9.17, 15) is 9.59 Å². The van der Waals surface area contributed by atoms with E-state index in [1.807, 2.05) is 0 Å². The van der Waals surface area contributed by atoms with Gasteiger partial charge >= 0.3 is 0 Å².